The summed E-state index contributed by atoms with van der Waals surface area (Å²) < 4.78 is 29.8. The van der Waals surface area contributed by atoms with Crippen molar-refractivity contribution >= 4 is 15.9 Å². The second-order valence-corrected chi connectivity index (χ2v) is 7.85. The maximum atomic E-state index is 12.4. The summed E-state index contributed by atoms with van der Waals surface area (Å²) >= 11 is 0. The van der Waals surface area contributed by atoms with Crippen LogP contribution in [0.4, 0.5) is 0 Å². The molecule has 122 valence electrons. The molecule has 2 rings (SSSR count). The van der Waals surface area contributed by atoms with Crippen LogP contribution in [0.1, 0.15) is 13.3 Å². The zero-order valence-corrected chi connectivity index (χ0v) is 13.8. The van der Waals surface area contributed by atoms with Gasteiger partial charge in [0.15, 0.2) is 0 Å². The van der Waals surface area contributed by atoms with E-state index in [1.54, 1.807) is 0 Å². The minimum absolute atomic E-state index is 0.0416. The highest BCUT2D eigenvalue weighted by molar-refractivity contribution is 7.88. The number of carbonyl (C=O) groups excluding carboxylic acids is 1. The highest BCUT2D eigenvalue weighted by Crippen LogP contribution is 2.23. The molecule has 2 heterocycles. The minimum atomic E-state index is -3.33. The number of ether oxygens (including phenoxy) is 1. The lowest BCUT2D eigenvalue weighted by molar-refractivity contribution is -0.152. The lowest BCUT2D eigenvalue weighted by Crippen LogP contribution is -2.61. The Labute approximate surface area is 126 Å². The molecule has 0 spiro atoms. The van der Waals surface area contributed by atoms with Crippen molar-refractivity contribution in [1.82, 2.24) is 14.1 Å². The van der Waals surface area contributed by atoms with Crippen molar-refractivity contribution < 1.29 is 17.9 Å². The zero-order chi connectivity index (χ0) is 15.6. The van der Waals surface area contributed by atoms with Crippen molar-refractivity contribution in [2.45, 2.75) is 25.5 Å². The second kappa shape index (κ2) is 6.60. The Hall–Kier alpha value is -0.700. The number of morpholine rings is 1. The molecule has 7 nitrogen and oxygen atoms in total. The van der Waals surface area contributed by atoms with Gasteiger partial charge in [0.05, 0.1) is 31.6 Å². The topological polar surface area (TPSA) is 70.2 Å². The highest BCUT2D eigenvalue weighted by Gasteiger charge is 2.39. The SMILES string of the molecule is CCN1CC[C@H]2[C@H](C1)OCCN2C(=O)CN(C)S(C)(=O)=O. The fraction of sp³-hybridized carbons (Fsp3) is 0.923. The number of hydrogen-bond acceptors (Lipinski definition) is 5. The molecular formula is C13H25N3O4S. The first-order chi connectivity index (χ1) is 9.82. The third-order valence-corrected chi connectivity index (χ3v) is 5.63. The van der Waals surface area contributed by atoms with E-state index in [1.165, 1.54) is 7.05 Å². The summed E-state index contributed by atoms with van der Waals surface area (Å²) in [5.41, 5.74) is 0. The first-order valence-electron chi connectivity index (χ1n) is 7.37. The first kappa shape index (κ1) is 16.7. The van der Waals surface area contributed by atoms with E-state index in [0.29, 0.717) is 13.2 Å². The van der Waals surface area contributed by atoms with Crippen molar-refractivity contribution in [1.29, 1.82) is 0 Å². The summed E-state index contributed by atoms with van der Waals surface area (Å²) in [4.78, 5) is 16.5. The lowest BCUT2D eigenvalue weighted by Gasteiger charge is -2.46. The van der Waals surface area contributed by atoms with Crippen LogP contribution in [0.3, 0.4) is 0 Å². The standard InChI is InChI=1S/C13H25N3O4S/c1-4-15-6-5-11-12(9-15)20-8-7-16(11)13(17)10-14(2)21(3,18)19/h11-12H,4-10H2,1-3H3/t11-,12-/m0/s1. The van der Waals surface area contributed by atoms with Gasteiger partial charge in [-0.05, 0) is 13.0 Å². The Bertz CT molecular complexity index is 482. The monoisotopic (exact) mass is 319 g/mol. The summed E-state index contributed by atoms with van der Waals surface area (Å²) in [7, 11) is -1.90. The average Bonchev–Trinajstić information content (AvgIpc) is 2.44. The summed E-state index contributed by atoms with van der Waals surface area (Å²) in [6, 6.07) is 0.0713. The van der Waals surface area contributed by atoms with Gasteiger partial charge >= 0.3 is 0 Å². The molecule has 21 heavy (non-hydrogen) atoms. The van der Waals surface area contributed by atoms with Gasteiger partial charge in [-0.2, -0.15) is 4.31 Å². The van der Waals surface area contributed by atoms with Crippen LogP contribution in [-0.2, 0) is 19.6 Å². The van der Waals surface area contributed by atoms with Gasteiger partial charge in [-0.25, -0.2) is 8.42 Å². The first-order valence-corrected chi connectivity index (χ1v) is 9.22. The van der Waals surface area contributed by atoms with Crippen molar-refractivity contribution in [3.8, 4) is 0 Å². The Balaban J connectivity index is 2.01. The van der Waals surface area contributed by atoms with E-state index in [9.17, 15) is 13.2 Å². The summed E-state index contributed by atoms with van der Waals surface area (Å²) in [6.07, 6.45) is 2.04. The fourth-order valence-electron chi connectivity index (χ4n) is 2.95. The predicted molar refractivity (Wildman–Crippen MR) is 79.4 cm³/mol. The quantitative estimate of drug-likeness (QED) is 0.678. The predicted octanol–water partition coefficient (Wildman–Crippen LogP) is -0.801. The molecule has 0 aliphatic carbocycles. The molecule has 2 saturated heterocycles. The summed E-state index contributed by atoms with van der Waals surface area (Å²) in [5.74, 6) is -0.133. The normalized spacial score (nSPS) is 27.7. The number of fused-ring (bicyclic) bond motifs is 1. The molecule has 2 aliphatic heterocycles. The van der Waals surface area contributed by atoms with E-state index in [-0.39, 0.29) is 24.6 Å². The van der Waals surface area contributed by atoms with Gasteiger partial charge in [0, 0.05) is 26.7 Å². The van der Waals surface area contributed by atoms with Gasteiger partial charge in [0.1, 0.15) is 0 Å². The maximum Gasteiger partial charge on any atom is 0.238 e. The molecule has 2 atom stereocenters. The third-order valence-electron chi connectivity index (χ3n) is 4.36. The van der Waals surface area contributed by atoms with Crippen LogP contribution in [0.5, 0.6) is 0 Å². The third kappa shape index (κ3) is 3.94. The van der Waals surface area contributed by atoms with Gasteiger partial charge in [0.25, 0.3) is 0 Å². The summed E-state index contributed by atoms with van der Waals surface area (Å²) in [6.45, 7) is 5.86. The lowest BCUT2D eigenvalue weighted by atomic mass is 9.98. The van der Waals surface area contributed by atoms with Crippen LogP contribution >= 0.6 is 0 Å². The van der Waals surface area contributed by atoms with E-state index in [2.05, 4.69) is 11.8 Å². The van der Waals surface area contributed by atoms with Gasteiger partial charge in [-0.1, -0.05) is 6.92 Å². The molecule has 2 fully saturated rings. The highest BCUT2D eigenvalue weighted by atomic mass is 32.2. The molecule has 0 unspecified atom stereocenters. The van der Waals surface area contributed by atoms with Crippen molar-refractivity contribution in [2.75, 3.05) is 52.6 Å². The van der Waals surface area contributed by atoms with Gasteiger partial charge in [-0.3, -0.25) is 4.79 Å². The number of rotatable bonds is 4. The largest absolute Gasteiger partial charge is 0.373 e. The molecule has 8 heteroatoms. The zero-order valence-electron chi connectivity index (χ0n) is 13.0. The Morgan fingerprint density at radius 1 is 1.38 bits per heavy atom. The van der Waals surface area contributed by atoms with E-state index in [1.807, 2.05) is 4.90 Å². The number of sulfonamides is 1. The summed E-state index contributed by atoms with van der Waals surface area (Å²) in [5, 5.41) is 0. The number of hydrogen-bond donors (Lipinski definition) is 0. The number of nitrogens with zero attached hydrogens (tertiary/aromatic N) is 3. The number of likely N-dealkylation sites (N-methyl/N-ethyl adjacent to an activating group) is 2. The molecule has 2 aliphatic rings. The molecule has 1 amide bonds. The Kier molecular flexibility index (Phi) is 5.24. The van der Waals surface area contributed by atoms with Gasteiger partial charge in [0.2, 0.25) is 15.9 Å². The van der Waals surface area contributed by atoms with Crippen molar-refractivity contribution in [2.24, 2.45) is 0 Å². The average molecular weight is 319 g/mol. The molecule has 0 radical (unpaired) electrons. The molecule has 0 aromatic heterocycles. The Morgan fingerprint density at radius 3 is 2.71 bits per heavy atom. The van der Waals surface area contributed by atoms with Gasteiger partial charge < -0.3 is 14.5 Å². The van der Waals surface area contributed by atoms with E-state index >= 15 is 0 Å². The second-order valence-electron chi connectivity index (χ2n) is 5.76. The number of amides is 1. The van der Waals surface area contributed by atoms with E-state index < -0.39 is 10.0 Å². The van der Waals surface area contributed by atoms with E-state index in [0.717, 1.165) is 36.6 Å². The van der Waals surface area contributed by atoms with Crippen LogP contribution in [0.25, 0.3) is 0 Å². The molecule has 0 bridgehead atoms. The molecule has 0 aromatic rings. The van der Waals surface area contributed by atoms with Crippen LogP contribution in [0.2, 0.25) is 0 Å². The maximum absolute atomic E-state index is 12.4. The van der Waals surface area contributed by atoms with Crippen molar-refractivity contribution in [3.63, 3.8) is 0 Å². The van der Waals surface area contributed by atoms with Crippen LogP contribution in [0, 0.1) is 0 Å². The minimum Gasteiger partial charge on any atom is -0.373 e. The number of piperidine rings is 1. The molecular weight excluding hydrogens is 294 g/mol. The Morgan fingerprint density at radius 2 is 2.10 bits per heavy atom. The smallest absolute Gasteiger partial charge is 0.238 e. The van der Waals surface area contributed by atoms with Gasteiger partial charge in [-0.15, -0.1) is 0 Å². The number of likely N-dealkylation sites (tertiary alicyclic amines) is 1. The fourth-order valence-corrected chi connectivity index (χ4v) is 3.30. The van der Waals surface area contributed by atoms with Crippen LogP contribution in [-0.4, -0.2) is 93.2 Å². The van der Waals surface area contributed by atoms with Crippen LogP contribution < -0.4 is 0 Å². The molecule has 0 saturated carbocycles. The van der Waals surface area contributed by atoms with E-state index in [4.69, 9.17) is 4.74 Å². The molecule has 0 N–H and O–H groups in total. The van der Waals surface area contributed by atoms with Crippen LogP contribution in [0.15, 0.2) is 0 Å². The van der Waals surface area contributed by atoms with Crippen molar-refractivity contribution in [3.05, 3.63) is 0 Å². The molecule has 0 aromatic carbocycles. The number of carbonyl (C=O) groups is 1.